The maximum Gasteiger partial charge on any atom is 0.323 e. The molecule has 0 aromatic carbocycles. The fraction of sp³-hybridized carbons (Fsp3) is 0.818. The van der Waals surface area contributed by atoms with Crippen LogP contribution >= 0.6 is 0 Å². The van der Waals surface area contributed by atoms with Crippen LogP contribution in [0, 0.1) is 5.92 Å². The van der Waals surface area contributed by atoms with Crippen LogP contribution in [-0.2, 0) is 19.1 Å². The van der Waals surface area contributed by atoms with E-state index in [9.17, 15) is 9.59 Å². The van der Waals surface area contributed by atoms with Crippen molar-refractivity contribution in [3.05, 3.63) is 0 Å². The van der Waals surface area contributed by atoms with Gasteiger partial charge in [0.05, 0.1) is 20.6 Å². The molecule has 0 spiro atoms. The summed E-state index contributed by atoms with van der Waals surface area (Å²) in [4.78, 5) is 22.5. The van der Waals surface area contributed by atoms with Gasteiger partial charge in [-0.25, -0.2) is 0 Å². The SMILES string of the molecule is COC(=O)CC(C)NC(C(=O)OC)C(C)C. The molecule has 1 N–H and O–H groups in total. The molecular formula is C11H21NO4. The molecule has 0 heterocycles. The van der Waals surface area contributed by atoms with Crippen LogP contribution in [0.15, 0.2) is 0 Å². The molecule has 0 aromatic rings. The molecule has 0 rings (SSSR count). The lowest BCUT2D eigenvalue weighted by atomic mass is 10.0. The monoisotopic (exact) mass is 231 g/mol. The highest BCUT2D eigenvalue weighted by Crippen LogP contribution is 2.06. The summed E-state index contributed by atoms with van der Waals surface area (Å²) >= 11 is 0. The van der Waals surface area contributed by atoms with Crippen molar-refractivity contribution in [1.82, 2.24) is 5.32 Å². The number of carbonyl (C=O) groups excluding carboxylic acids is 2. The first-order valence-electron chi connectivity index (χ1n) is 5.33. The molecule has 0 aliphatic heterocycles. The van der Waals surface area contributed by atoms with Crippen LogP contribution in [0.1, 0.15) is 27.2 Å². The number of hydrogen-bond acceptors (Lipinski definition) is 5. The van der Waals surface area contributed by atoms with E-state index in [1.807, 2.05) is 20.8 Å². The zero-order chi connectivity index (χ0) is 12.7. The van der Waals surface area contributed by atoms with Gasteiger partial charge in [-0.2, -0.15) is 0 Å². The molecule has 0 saturated heterocycles. The van der Waals surface area contributed by atoms with E-state index < -0.39 is 6.04 Å². The van der Waals surface area contributed by atoms with Crippen molar-refractivity contribution in [3.8, 4) is 0 Å². The Balaban J connectivity index is 4.29. The normalized spacial score (nSPS) is 14.4. The van der Waals surface area contributed by atoms with Crippen molar-refractivity contribution in [1.29, 1.82) is 0 Å². The Morgan fingerprint density at radius 3 is 2.06 bits per heavy atom. The molecule has 0 aliphatic rings. The van der Waals surface area contributed by atoms with Crippen LogP contribution in [0.2, 0.25) is 0 Å². The van der Waals surface area contributed by atoms with Crippen molar-refractivity contribution in [2.24, 2.45) is 5.92 Å². The van der Waals surface area contributed by atoms with Gasteiger partial charge < -0.3 is 14.8 Å². The first-order valence-corrected chi connectivity index (χ1v) is 5.33. The maximum atomic E-state index is 11.4. The Hall–Kier alpha value is -1.10. The van der Waals surface area contributed by atoms with Crippen molar-refractivity contribution in [2.75, 3.05) is 14.2 Å². The van der Waals surface area contributed by atoms with Crippen molar-refractivity contribution < 1.29 is 19.1 Å². The minimum atomic E-state index is -0.398. The van der Waals surface area contributed by atoms with Gasteiger partial charge in [-0.3, -0.25) is 9.59 Å². The van der Waals surface area contributed by atoms with Gasteiger partial charge in [0.15, 0.2) is 0 Å². The third-order valence-electron chi connectivity index (χ3n) is 2.29. The third-order valence-corrected chi connectivity index (χ3v) is 2.29. The topological polar surface area (TPSA) is 64.6 Å². The van der Waals surface area contributed by atoms with E-state index in [2.05, 4.69) is 14.8 Å². The Labute approximate surface area is 96.5 Å². The molecule has 0 bridgehead atoms. The van der Waals surface area contributed by atoms with Gasteiger partial charge in [-0.05, 0) is 12.8 Å². The molecule has 0 saturated carbocycles. The Bertz CT molecular complexity index is 240. The Morgan fingerprint density at radius 2 is 1.69 bits per heavy atom. The molecule has 0 fully saturated rings. The van der Waals surface area contributed by atoms with E-state index in [1.165, 1.54) is 14.2 Å². The molecule has 0 amide bonds. The smallest absolute Gasteiger partial charge is 0.323 e. The predicted molar refractivity (Wildman–Crippen MR) is 59.9 cm³/mol. The summed E-state index contributed by atoms with van der Waals surface area (Å²) in [5, 5.41) is 3.06. The molecule has 0 aliphatic carbocycles. The Kier molecular flexibility index (Phi) is 6.72. The summed E-state index contributed by atoms with van der Waals surface area (Å²) in [5.74, 6) is -0.508. The lowest BCUT2D eigenvalue weighted by Crippen LogP contribution is -2.46. The number of nitrogens with one attached hydrogen (secondary N) is 1. The molecule has 5 nitrogen and oxygen atoms in total. The van der Waals surface area contributed by atoms with Crippen molar-refractivity contribution in [3.63, 3.8) is 0 Å². The number of rotatable bonds is 6. The fourth-order valence-corrected chi connectivity index (χ4v) is 1.36. The zero-order valence-corrected chi connectivity index (χ0v) is 10.6. The Morgan fingerprint density at radius 1 is 1.12 bits per heavy atom. The predicted octanol–water partition coefficient (Wildman–Crippen LogP) is 0.725. The summed E-state index contributed by atoms with van der Waals surface area (Å²) in [6.45, 7) is 5.66. The second kappa shape index (κ2) is 7.22. The highest BCUT2D eigenvalue weighted by molar-refractivity contribution is 5.76. The average Bonchev–Trinajstić information content (AvgIpc) is 2.24. The van der Waals surface area contributed by atoms with Gasteiger partial charge in [0, 0.05) is 6.04 Å². The van der Waals surface area contributed by atoms with Crippen LogP contribution < -0.4 is 5.32 Å². The lowest BCUT2D eigenvalue weighted by molar-refractivity contribution is -0.146. The quantitative estimate of drug-likeness (QED) is 0.682. The maximum absolute atomic E-state index is 11.4. The summed E-state index contributed by atoms with van der Waals surface area (Å²) in [6, 6.07) is -0.524. The van der Waals surface area contributed by atoms with Crippen molar-refractivity contribution in [2.45, 2.75) is 39.3 Å². The average molecular weight is 231 g/mol. The standard InChI is InChI=1S/C11H21NO4/c1-7(2)10(11(14)16-5)12-8(3)6-9(13)15-4/h7-8,10,12H,6H2,1-5H3. The van der Waals surface area contributed by atoms with Crippen LogP contribution in [0.4, 0.5) is 0 Å². The third kappa shape index (κ3) is 5.11. The van der Waals surface area contributed by atoms with Crippen LogP contribution in [-0.4, -0.2) is 38.2 Å². The van der Waals surface area contributed by atoms with E-state index in [4.69, 9.17) is 0 Å². The van der Waals surface area contributed by atoms with Crippen LogP contribution in [0.25, 0.3) is 0 Å². The minimum Gasteiger partial charge on any atom is -0.469 e. The van der Waals surface area contributed by atoms with E-state index in [1.54, 1.807) is 0 Å². The van der Waals surface area contributed by atoms with Crippen molar-refractivity contribution >= 4 is 11.9 Å². The molecule has 0 radical (unpaired) electrons. The van der Waals surface area contributed by atoms with Gasteiger partial charge >= 0.3 is 11.9 Å². The van der Waals surface area contributed by atoms with Gasteiger partial charge in [-0.15, -0.1) is 0 Å². The molecule has 2 unspecified atom stereocenters. The van der Waals surface area contributed by atoms with Crippen LogP contribution in [0.3, 0.4) is 0 Å². The van der Waals surface area contributed by atoms with Gasteiger partial charge in [0.25, 0.3) is 0 Å². The van der Waals surface area contributed by atoms with E-state index in [0.717, 1.165) is 0 Å². The molecule has 94 valence electrons. The van der Waals surface area contributed by atoms with Gasteiger partial charge in [0.1, 0.15) is 6.04 Å². The largest absolute Gasteiger partial charge is 0.469 e. The summed E-state index contributed by atoms with van der Waals surface area (Å²) in [7, 11) is 2.69. The number of ether oxygens (including phenoxy) is 2. The second-order valence-electron chi connectivity index (χ2n) is 4.09. The summed E-state index contributed by atoms with van der Waals surface area (Å²) < 4.78 is 9.24. The minimum absolute atomic E-state index is 0.104. The summed E-state index contributed by atoms with van der Waals surface area (Å²) in [6.07, 6.45) is 0.233. The fourth-order valence-electron chi connectivity index (χ4n) is 1.36. The number of hydrogen-bond donors (Lipinski definition) is 1. The molecular weight excluding hydrogens is 210 g/mol. The number of methoxy groups -OCH3 is 2. The lowest BCUT2D eigenvalue weighted by Gasteiger charge is -2.23. The van der Waals surface area contributed by atoms with Crippen LogP contribution in [0.5, 0.6) is 0 Å². The number of carbonyl (C=O) groups is 2. The first-order chi connectivity index (χ1) is 7.42. The highest BCUT2D eigenvalue weighted by atomic mass is 16.5. The van der Waals surface area contributed by atoms with Gasteiger partial charge in [-0.1, -0.05) is 13.8 Å². The molecule has 16 heavy (non-hydrogen) atoms. The zero-order valence-electron chi connectivity index (χ0n) is 10.6. The molecule has 5 heteroatoms. The summed E-state index contributed by atoms with van der Waals surface area (Å²) in [5.41, 5.74) is 0. The van der Waals surface area contributed by atoms with E-state index in [0.29, 0.717) is 0 Å². The molecule has 2 atom stereocenters. The van der Waals surface area contributed by atoms with E-state index in [-0.39, 0.29) is 30.3 Å². The highest BCUT2D eigenvalue weighted by Gasteiger charge is 2.25. The number of esters is 2. The molecule has 0 aromatic heterocycles. The van der Waals surface area contributed by atoms with Gasteiger partial charge in [0.2, 0.25) is 0 Å². The second-order valence-corrected chi connectivity index (χ2v) is 4.09. The van der Waals surface area contributed by atoms with E-state index >= 15 is 0 Å². The first kappa shape index (κ1) is 14.9.